The summed E-state index contributed by atoms with van der Waals surface area (Å²) in [6.45, 7) is 4.67. The van der Waals surface area contributed by atoms with E-state index in [0.29, 0.717) is 5.92 Å². The normalized spacial score (nSPS) is 18.6. The Bertz CT molecular complexity index is 727. The third-order valence-corrected chi connectivity index (χ3v) is 6.51. The van der Waals surface area contributed by atoms with E-state index in [2.05, 4.69) is 27.1 Å². The predicted octanol–water partition coefficient (Wildman–Crippen LogP) is 3.26. The summed E-state index contributed by atoms with van der Waals surface area (Å²) < 4.78 is 2.12. The van der Waals surface area contributed by atoms with Crippen LogP contribution < -0.4 is 0 Å². The quantitative estimate of drug-likeness (QED) is 0.859. The summed E-state index contributed by atoms with van der Waals surface area (Å²) in [5.41, 5.74) is 2.31. The molecule has 0 unspecified atom stereocenters. The molecular formula is C18H24N4OS. The number of nitrogens with zero attached hydrogens (tertiary/aromatic N) is 4. The Kier molecular flexibility index (Phi) is 4.39. The van der Waals surface area contributed by atoms with Crippen molar-refractivity contribution in [2.45, 2.75) is 57.9 Å². The number of rotatable bonds is 3. The number of aromatic nitrogens is 3. The number of thiophene rings is 1. The van der Waals surface area contributed by atoms with Gasteiger partial charge in [0.05, 0.1) is 5.56 Å². The van der Waals surface area contributed by atoms with E-state index in [0.717, 1.165) is 56.7 Å². The van der Waals surface area contributed by atoms with Gasteiger partial charge in [0.2, 0.25) is 0 Å². The average Bonchev–Trinajstić information content (AvgIpc) is 3.28. The molecule has 0 N–H and O–H groups in total. The largest absolute Gasteiger partial charge is 0.339 e. The van der Waals surface area contributed by atoms with Crippen LogP contribution in [0.5, 0.6) is 0 Å². The van der Waals surface area contributed by atoms with Crippen LogP contribution in [-0.2, 0) is 19.4 Å². The van der Waals surface area contributed by atoms with E-state index in [1.807, 2.05) is 11.2 Å². The molecule has 4 rings (SSSR count). The van der Waals surface area contributed by atoms with Crippen molar-refractivity contribution in [2.75, 3.05) is 13.1 Å². The van der Waals surface area contributed by atoms with Crippen molar-refractivity contribution in [3.63, 3.8) is 0 Å². The van der Waals surface area contributed by atoms with Crippen LogP contribution in [0.15, 0.2) is 11.7 Å². The van der Waals surface area contributed by atoms with Crippen LogP contribution >= 0.6 is 11.3 Å². The van der Waals surface area contributed by atoms with Gasteiger partial charge in [-0.1, -0.05) is 0 Å². The maximum Gasteiger partial charge on any atom is 0.254 e. The van der Waals surface area contributed by atoms with E-state index >= 15 is 0 Å². The maximum atomic E-state index is 12.9. The summed E-state index contributed by atoms with van der Waals surface area (Å²) >= 11 is 1.78. The Morgan fingerprint density at radius 3 is 2.88 bits per heavy atom. The summed E-state index contributed by atoms with van der Waals surface area (Å²) in [6.07, 6.45) is 8.50. The molecule has 1 saturated heterocycles. The third kappa shape index (κ3) is 2.77. The fraction of sp³-hybridized carbons (Fsp3) is 0.611. The van der Waals surface area contributed by atoms with E-state index in [9.17, 15) is 4.79 Å². The number of likely N-dealkylation sites (tertiary alicyclic amines) is 1. The Balaban J connectivity index is 1.44. The second-order valence-electron chi connectivity index (χ2n) is 6.80. The Morgan fingerprint density at radius 1 is 1.29 bits per heavy atom. The predicted molar refractivity (Wildman–Crippen MR) is 94.5 cm³/mol. The van der Waals surface area contributed by atoms with Gasteiger partial charge in [0.25, 0.3) is 5.91 Å². The van der Waals surface area contributed by atoms with Crippen LogP contribution in [0.4, 0.5) is 0 Å². The van der Waals surface area contributed by atoms with Crippen LogP contribution in [0, 0.1) is 0 Å². The summed E-state index contributed by atoms with van der Waals surface area (Å²) in [4.78, 5) is 16.4. The molecule has 1 amide bonds. The Morgan fingerprint density at radius 2 is 2.08 bits per heavy atom. The molecule has 2 aromatic heterocycles. The number of fused-ring (bicyclic) bond motifs is 1. The van der Waals surface area contributed by atoms with Gasteiger partial charge >= 0.3 is 0 Å². The molecule has 1 fully saturated rings. The minimum Gasteiger partial charge on any atom is -0.339 e. The van der Waals surface area contributed by atoms with Crippen LogP contribution in [0.1, 0.15) is 65.1 Å². The number of hydrogen-bond donors (Lipinski definition) is 0. The molecule has 2 aliphatic rings. The zero-order chi connectivity index (χ0) is 16.5. The van der Waals surface area contributed by atoms with Crippen LogP contribution in [0.3, 0.4) is 0 Å². The van der Waals surface area contributed by atoms with Crippen molar-refractivity contribution in [3.8, 4) is 0 Å². The van der Waals surface area contributed by atoms with E-state index in [1.165, 1.54) is 23.3 Å². The number of carbonyl (C=O) groups excluding carboxylic acids is 1. The highest BCUT2D eigenvalue weighted by molar-refractivity contribution is 7.10. The lowest BCUT2D eigenvalue weighted by Crippen LogP contribution is -2.38. The summed E-state index contributed by atoms with van der Waals surface area (Å²) in [5, 5.41) is 10.4. The second-order valence-corrected chi connectivity index (χ2v) is 7.76. The molecule has 2 aromatic rings. The molecule has 128 valence electrons. The maximum absolute atomic E-state index is 12.9. The summed E-state index contributed by atoms with van der Waals surface area (Å²) in [5.74, 6) is 1.75. The number of carbonyl (C=O) groups is 1. The first-order chi connectivity index (χ1) is 11.8. The van der Waals surface area contributed by atoms with Crippen molar-refractivity contribution in [3.05, 3.63) is 33.5 Å². The second kappa shape index (κ2) is 6.67. The molecule has 24 heavy (non-hydrogen) atoms. The number of aryl methyl sites for hydroxylation is 2. The number of amides is 1. The lowest BCUT2D eigenvalue weighted by atomic mass is 9.93. The van der Waals surface area contributed by atoms with Crippen molar-refractivity contribution in [1.82, 2.24) is 19.7 Å². The van der Waals surface area contributed by atoms with Gasteiger partial charge in [0.1, 0.15) is 12.2 Å². The molecule has 6 heteroatoms. The van der Waals surface area contributed by atoms with Gasteiger partial charge in [-0.05, 0) is 51.0 Å². The molecule has 0 spiro atoms. The smallest absolute Gasteiger partial charge is 0.254 e. The van der Waals surface area contributed by atoms with Gasteiger partial charge < -0.3 is 9.47 Å². The van der Waals surface area contributed by atoms with Crippen LogP contribution in [0.25, 0.3) is 0 Å². The molecule has 0 bridgehead atoms. The summed E-state index contributed by atoms with van der Waals surface area (Å²) in [6, 6.07) is 0. The number of hydrogen-bond acceptors (Lipinski definition) is 4. The third-order valence-electron chi connectivity index (χ3n) is 5.43. The minimum absolute atomic E-state index is 0.241. The highest BCUT2D eigenvalue weighted by atomic mass is 32.1. The van der Waals surface area contributed by atoms with Gasteiger partial charge in [-0.2, -0.15) is 0 Å². The Labute approximate surface area is 146 Å². The average molecular weight is 344 g/mol. The zero-order valence-electron chi connectivity index (χ0n) is 14.2. The summed E-state index contributed by atoms with van der Waals surface area (Å²) in [7, 11) is 0. The van der Waals surface area contributed by atoms with Crippen molar-refractivity contribution < 1.29 is 4.79 Å². The lowest BCUT2D eigenvalue weighted by Gasteiger charge is -2.32. The standard InChI is InChI=1S/C18H24N4OS/c1-2-21-12-19-20-17(21)13-7-9-22(10-8-13)18(23)15-11-24-16-6-4-3-5-14(15)16/h11-13H,2-10H2,1H3. The molecule has 3 heterocycles. The highest BCUT2D eigenvalue weighted by Gasteiger charge is 2.29. The fourth-order valence-electron chi connectivity index (χ4n) is 4.01. The first-order valence-corrected chi connectivity index (χ1v) is 9.92. The molecule has 0 radical (unpaired) electrons. The van der Waals surface area contributed by atoms with E-state index in [-0.39, 0.29) is 5.91 Å². The van der Waals surface area contributed by atoms with Crippen LogP contribution in [-0.4, -0.2) is 38.7 Å². The van der Waals surface area contributed by atoms with E-state index < -0.39 is 0 Å². The monoisotopic (exact) mass is 344 g/mol. The molecule has 0 saturated carbocycles. The SMILES string of the molecule is CCn1cnnc1C1CCN(C(=O)c2csc3c2CCCC3)CC1. The molecule has 0 aromatic carbocycles. The molecule has 1 aliphatic heterocycles. The lowest BCUT2D eigenvalue weighted by molar-refractivity contribution is 0.0709. The van der Waals surface area contributed by atoms with Gasteiger partial charge in [-0.25, -0.2) is 0 Å². The molecule has 1 aliphatic carbocycles. The fourth-order valence-corrected chi connectivity index (χ4v) is 5.13. The first-order valence-electron chi connectivity index (χ1n) is 9.04. The van der Waals surface area contributed by atoms with Crippen molar-refractivity contribution in [2.24, 2.45) is 0 Å². The van der Waals surface area contributed by atoms with Gasteiger partial charge in [-0.15, -0.1) is 21.5 Å². The number of piperidine rings is 1. The molecular weight excluding hydrogens is 320 g/mol. The topological polar surface area (TPSA) is 51.0 Å². The minimum atomic E-state index is 0.241. The zero-order valence-corrected chi connectivity index (χ0v) is 15.0. The molecule has 5 nitrogen and oxygen atoms in total. The van der Waals surface area contributed by atoms with Gasteiger partial charge in [0.15, 0.2) is 0 Å². The highest BCUT2D eigenvalue weighted by Crippen LogP contribution is 2.33. The van der Waals surface area contributed by atoms with Crippen molar-refractivity contribution >= 4 is 17.2 Å². The Hall–Kier alpha value is -1.69. The van der Waals surface area contributed by atoms with E-state index in [1.54, 1.807) is 11.3 Å². The molecule has 0 atom stereocenters. The van der Waals surface area contributed by atoms with Crippen molar-refractivity contribution in [1.29, 1.82) is 0 Å². The van der Waals surface area contributed by atoms with E-state index in [4.69, 9.17) is 0 Å². The van der Waals surface area contributed by atoms with Gasteiger partial charge in [0, 0.05) is 35.8 Å². The van der Waals surface area contributed by atoms with Gasteiger partial charge in [-0.3, -0.25) is 4.79 Å². The first kappa shape index (κ1) is 15.8. The van der Waals surface area contributed by atoms with Crippen LogP contribution in [0.2, 0.25) is 0 Å².